The summed E-state index contributed by atoms with van der Waals surface area (Å²) in [6.07, 6.45) is 8.79. The Labute approximate surface area is 203 Å². The number of thiazole rings is 1. The first-order chi connectivity index (χ1) is 16.1. The van der Waals surface area contributed by atoms with Crippen molar-refractivity contribution in [2.75, 3.05) is 31.5 Å². The van der Waals surface area contributed by atoms with Crippen LogP contribution in [0.4, 0.5) is 5.13 Å². The Morgan fingerprint density at radius 1 is 1.12 bits per heavy atom. The Kier molecular flexibility index (Phi) is 7.30. The maximum atomic E-state index is 13.3. The first kappa shape index (κ1) is 22.8. The van der Waals surface area contributed by atoms with Crippen molar-refractivity contribution in [1.82, 2.24) is 14.9 Å². The van der Waals surface area contributed by atoms with Gasteiger partial charge in [0.2, 0.25) is 0 Å². The third kappa shape index (κ3) is 6.35. The number of anilines is 1. The molecule has 0 atom stereocenters. The van der Waals surface area contributed by atoms with Gasteiger partial charge < -0.3 is 5.73 Å². The van der Waals surface area contributed by atoms with Gasteiger partial charge in [-0.15, -0.1) is 23.1 Å². The van der Waals surface area contributed by atoms with E-state index < -0.39 is 0 Å². The second kappa shape index (κ2) is 10.5. The molecule has 7 nitrogen and oxygen atoms in total. The van der Waals surface area contributed by atoms with Gasteiger partial charge in [0.25, 0.3) is 5.91 Å². The van der Waals surface area contributed by atoms with Crippen molar-refractivity contribution in [3.63, 3.8) is 0 Å². The normalized spacial score (nSPS) is 20.4. The van der Waals surface area contributed by atoms with Crippen molar-refractivity contribution >= 4 is 39.8 Å². The zero-order valence-corrected chi connectivity index (χ0v) is 20.5. The average Bonchev–Trinajstić information content (AvgIpc) is 3.28. The monoisotopic (exact) mass is 484 g/mol. The number of carbonyl (C=O) groups is 1. The number of likely N-dealkylation sites (tertiary alicyclic amines) is 1. The number of nitrogens with zero attached hydrogens (tertiary/aromatic N) is 4. The minimum atomic E-state index is -0.200. The molecule has 9 heteroatoms. The van der Waals surface area contributed by atoms with Crippen LogP contribution in [-0.4, -0.2) is 64.0 Å². The number of nitrogens with two attached hydrogens (primary N) is 1. The minimum absolute atomic E-state index is 0.200. The molecule has 33 heavy (non-hydrogen) atoms. The van der Waals surface area contributed by atoms with Crippen LogP contribution in [0.1, 0.15) is 49.0 Å². The fraction of sp³-hybridized carbons (Fsp3) is 0.542. The Morgan fingerprint density at radius 3 is 2.55 bits per heavy atom. The molecule has 1 aromatic heterocycles. The van der Waals surface area contributed by atoms with E-state index in [9.17, 15) is 4.79 Å². The summed E-state index contributed by atoms with van der Waals surface area (Å²) in [4.78, 5) is 22.6. The predicted octanol–water partition coefficient (Wildman–Crippen LogP) is 3.76. The fourth-order valence-electron chi connectivity index (χ4n) is 4.17. The molecule has 0 radical (unpaired) electrons. The predicted molar refractivity (Wildman–Crippen MR) is 136 cm³/mol. The second-order valence-corrected chi connectivity index (χ2v) is 11.6. The summed E-state index contributed by atoms with van der Waals surface area (Å²) in [6, 6.07) is 8.59. The number of benzene rings is 1. The average molecular weight is 485 g/mol. The summed E-state index contributed by atoms with van der Waals surface area (Å²) in [5.41, 5.74) is 7.32. The highest BCUT2D eigenvalue weighted by molar-refractivity contribution is 8.00. The number of nitrogens with one attached hydrogen (secondary N) is 1. The molecule has 0 unspecified atom stereocenters. The van der Waals surface area contributed by atoms with E-state index >= 15 is 0 Å². The highest BCUT2D eigenvalue weighted by atomic mass is 32.2. The van der Waals surface area contributed by atoms with Crippen molar-refractivity contribution in [3.05, 3.63) is 40.9 Å². The van der Waals surface area contributed by atoms with Gasteiger partial charge in [-0.2, -0.15) is 5.10 Å². The number of piperidine rings is 1. The molecule has 3 fully saturated rings. The van der Waals surface area contributed by atoms with Crippen LogP contribution in [0.3, 0.4) is 0 Å². The molecule has 176 valence electrons. The van der Waals surface area contributed by atoms with Gasteiger partial charge >= 0.3 is 0 Å². The molecule has 1 aliphatic carbocycles. The topological polar surface area (TPSA) is 86.8 Å². The molecule has 3 N–H and O–H groups in total. The lowest BCUT2D eigenvalue weighted by molar-refractivity contribution is -0.110. The van der Waals surface area contributed by atoms with Crippen LogP contribution in [0.25, 0.3) is 0 Å². The fourth-order valence-corrected chi connectivity index (χ4v) is 6.07. The van der Waals surface area contributed by atoms with E-state index in [1.54, 1.807) is 0 Å². The number of carbonyl (C=O) groups excluding carboxylic acids is 1. The summed E-state index contributed by atoms with van der Waals surface area (Å²) < 4.78 is 0. The molecule has 1 amide bonds. The molecular weight excluding hydrogens is 452 g/mol. The Balaban J connectivity index is 1.26. The van der Waals surface area contributed by atoms with Crippen molar-refractivity contribution in [2.45, 2.75) is 61.3 Å². The van der Waals surface area contributed by atoms with Crippen LogP contribution in [0.5, 0.6) is 0 Å². The first-order valence-electron chi connectivity index (χ1n) is 12.0. The summed E-state index contributed by atoms with van der Waals surface area (Å²) in [5.74, 6) is -0.200. The van der Waals surface area contributed by atoms with E-state index in [0.29, 0.717) is 16.9 Å². The molecule has 1 saturated carbocycles. The Morgan fingerprint density at radius 2 is 1.85 bits per heavy atom. The van der Waals surface area contributed by atoms with Gasteiger partial charge in [0, 0.05) is 52.5 Å². The third-order valence-electron chi connectivity index (χ3n) is 6.28. The molecule has 0 spiro atoms. The van der Waals surface area contributed by atoms with Gasteiger partial charge in [-0.25, -0.2) is 4.98 Å². The number of hydrazone groups is 1. The number of thioether (sulfide) groups is 1. The van der Waals surface area contributed by atoms with Crippen molar-refractivity contribution in [1.29, 1.82) is 0 Å². The zero-order valence-electron chi connectivity index (χ0n) is 18.9. The third-order valence-corrected chi connectivity index (χ3v) is 8.53. The van der Waals surface area contributed by atoms with Crippen LogP contribution in [0, 0.1) is 0 Å². The quantitative estimate of drug-likeness (QED) is 0.555. The number of hydrogen-bond acceptors (Lipinski definition) is 8. The van der Waals surface area contributed by atoms with Crippen molar-refractivity contribution < 1.29 is 4.79 Å². The highest BCUT2D eigenvalue weighted by Gasteiger charge is 2.24. The van der Waals surface area contributed by atoms with E-state index in [0.717, 1.165) is 74.1 Å². The lowest BCUT2D eigenvalue weighted by atomic mass is 10.1. The van der Waals surface area contributed by atoms with Crippen LogP contribution < -0.4 is 11.1 Å². The lowest BCUT2D eigenvalue weighted by Crippen LogP contribution is -2.39. The van der Waals surface area contributed by atoms with Crippen LogP contribution in [0.15, 0.2) is 40.5 Å². The van der Waals surface area contributed by atoms with Gasteiger partial charge in [0.05, 0.1) is 0 Å². The van der Waals surface area contributed by atoms with Gasteiger partial charge in [-0.05, 0) is 63.7 Å². The number of aromatic nitrogens is 1. The lowest BCUT2D eigenvalue weighted by Gasteiger charge is -2.29. The van der Waals surface area contributed by atoms with Gasteiger partial charge in [0.15, 0.2) is 10.8 Å². The largest absolute Gasteiger partial charge is 0.328 e. The van der Waals surface area contributed by atoms with Crippen LogP contribution >= 0.6 is 23.1 Å². The van der Waals surface area contributed by atoms with E-state index in [1.807, 2.05) is 35.1 Å². The van der Waals surface area contributed by atoms with E-state index in [1.165, 1.54) is 29.1 Å². The molecular formula is C24H32N6OS2. The molecule has 2 aliphatic heterocycles. The zero-order chi connectivity index (χ0) is 22.6. The number of hydrogen-bond donors (Lipinski definition) is 2. The van der Waals surface area contributed by atoms with E-state index in [2.05, 4.69) is 27.3 Å². The van der Waals surface area contributed by atoms with Gasteiger partial charge in [0.1, 0.15) is 0 Å². The van der Waals surface area contributed by atoms with E-state index in [4.69, 9.17) is 10.8 Å². The summed E-state index contributed by atoms with van der Waals surface area (Å²) in [7, 11) is 0. The van der Waals surface area contributed by atoms with Gasteiger partial charge in [-0.3, -0.25) is 20.0 Å². The maximum Gasteiger partial charge on any atom is 0.278 e. The van der Waals surface area contributed by atoms with Crippen molar-refractivity contribution in [3.8, 4) is 0 Å². The standard InChI is InChI=1S/C24H32N6OS2/c25-18-9-13-29(14-10-18)16-21-15-26-24(33-21)27-23(31)22(28-30-11-1-2-12-30)17-3-5-19(6-4-17)32-20-7-8-20/h3-6,15,18,20H,1-2,7-14,16,25H2,(H,26,27,31)/b28-22+. The molecule has 3 aliphatic rings. The molecule has 3 heterocycles. The second-order valence-electron chi connectivity index (χ2n) is 9.15. The van der Waals surface area contributed by atoms with Crippen molar-refractivity contribution in [2.24, 2.45) is 10.8 Å². The van der Waals surface area contributed by atoms with E-state index in [-0.39, 0.29) is 5.91 Å². The van der Waals surface area contributed by atoms with Gasteiger partial charge in [-0.1, -0.05) is 12.1 Å². The molecule has 2 aromatic rings. The SMILES string of the molecule is NC1CCN(Cc2cnc(NC(=O)/C(=N/N3CCCC3)c3ccc(SC4CC4)cc3)s2)CC1. The number of rotatable bonds is 8. The molecule has 5 rings (SSSR count). The van der Waals surface area contributed by atoms with Crippen LogP contribution in [0.2, 0.25) is 0 Å². The molecule has 2 saturated heterocycles. The summed E-state index contributed by atoms with van der Waals surface area (Å²) >= 11 is 3.46. The maximum absolute atomic E-state index is 13.3. The molecule has 0 bridgehead atoms. The Hall–Kier alpha value is -1.94. The number of amides is 1. The minimum Gasteiger partial charge on any atom is -0.328 e. The van der Waals surface area contributed by atoms with Crippen LogP contribution in [-0.2, 0) is 11.3 Å². The summed E-state index contributed by atoms with van der Waals surface area (Å²) in [5, 5.41) is 11.1. The summed E-state index contributed by atoms with van der Waals surface area (Å²) in [6.45, 7) is 4.68. The molecule has 1 aromatic carbocycles. The Bertz CT molecular complexity index is 973. The smallest absolute Gasteiger partial charge is 0.278 e. The highest BCUT2D eigenvalue weighted by Crippen LogP contribution is 2.39. The first-order valence-corrected chi connectivity index (χ1v) is 13.7.